The maximum atomic E-state index is 10.7. The third kappa shape index (κ3) is 3.76. The predicted octanol–water partition coefficient (Wildman–Crippen LogP) is 4.87. The summed E-state index contributed by atoms with van der Waals surface area (Å²) in [6.07, 6.45) is 2.14. The smallest absolute Gasteiger partial charge is 0.123 e. The third-order valence-corrected chi connectivity index (χ3v) is 4.60. The number of hydrogen-bond donors (Lipinski definition) is 0. The van der Waals surface area contributed by atoms with Gasteiger partial charge in [0.05, 0.1) is 0 Å². The minimum absolute atomic E-state index is 0.0536. The van der Waals surface area contributed by atoms with Crippen molar-refractivity contribution >= 4 is 0 Å². The van der Waals surface area contributed by atoms with Crippen molar-refractivity contribution in [3.63, 3.8) is 0 Å². The van der Waals surface area contributed by atoms with E-state index < -0.39 is 0 Å². The van der Waals surface area contributed by atoms with Crippen LogP contribution in [0.3, 0.4) is 0 Å². The van der Waals surface area contributed by atoms with Gasteiger partial charge >= 0.3 is 0 Å². The highest BCUT2D eigenvalue weighted by Gasteiger charge is 2.26. The average Bonchev–Trinajstić information content (AvgIpc) is 2.44. The summed E-state index contributed by atoms with van der Waals surface area (Å²) in [6.45, 7) is 13.4. The fourth-order valence-corrected chi connectivity index (χ4v) is 2.15. The normalized spacial score (nSPS) is 12.6. The van der Waals surface area contributed by atoms with Crippen molar-refractivity contribution in [3.05, 3.63) is 29.3 Å². The van der Waals surface area contributed by atoms with E-state index in [0.29, 0.717) is 0 Å². The van der Waals surface area contributed by atoms with E-state index in [1.54, 1.807) is 0 Å². The Hall–Kier alpha value is -1.02. The summed E-state index contributed by atoms with van der Waals surface area (Å²) < 4.78 is 5.66. The summed E-state index contributed by atoms with van der Waals surface area (Å²) in [6, 6.07) is 6.45. The third-order valence-electron chi connectivity index (χ3n) is 4.60. The lowest BCUT2D eigenvalue weighted by Gasteiger charge is -2.30. The molecule has 0 atom stereocenters. The second-order valence-electron chi connectivity index (χ2n) is 6.74. The van der Waals surface area contributed by atoms with Gasteiger partial charge in [0.2, 0.25) is 0 Å². The van der Waals surface area contributed by atoms with Crippen LogP contribution in [0.15, 0.2) is 18.2 Å². The van der Waals surface area contributed by atoms with Gasteiger partial charge in [-0.15, -0.1) is 0 Å². The van der Waals surface area contributed by atoms with Crippen LogP contribution in [0.2, 0.25) is 0 Å². The van der Waals surface area contributed by atoms with Crippen molar-refractivity contribution in [2.24, 2.45) is 0 Å². The van der Waals surface area contributed by atoms with E-state index in [-0.39, 0.29) is 24.0 Å². The maximum absolute atomic E-state index is 10.7. The zero-order valence-electron chi connectivity index (χ0n) is 13.9. The largest absolute Gasteiger partial charge is 0.491 e. The molecule has 1 aromatic rings. The molecule has 1 rings (SSSR count). The lowest BCUT2D eigenvalue weighted by molar-refractivity contribution is 0.137. The summed E-state index contributed by atoms with van der Waals surface area (Å²) in [5, 5.41) is 10.7. The molecule has 1 radical (unpaired) electrons. The van der Waals surface area contributed by atoms with Gasteiger partial charge in [0, 0.05) is 5.56 Å². The Bertz CT molecular complexity index is 433. The fraction of sp³-hybridized carbons (Fsp3) is 0.667. The van der Waals surface area contributed by atoms with Crippen LogP contribution in [0.5, 0.6) is 5.75 Å². The van der Waals surface area contributed by atoms with Crippen molar-refractivity contribution in [1.82, 2.24) is 0 Å². The second kappa shape index (κ2) is 6.62. The monoisotopic (exact) mass is 277 g/mol. The van der Waals surface area contributed by atoms with Crippen LogP contribution < -0.4 is 4.74 Å². The summed E-state index contributed by atoms with van der Waals surface area (Å²) in [5.41, 5.74) is 2.77. The van der Waals surface area contributed by atoms with Gasteiger partial charge in [0.15, 0.2) is 0 Å². The lowest BCUT2D eigenvalue weighted by Crippen LogP contribution is -2.21. The molecule has 20 heavy (non-hydrogen) atoms. The molecule has 0 aliphatic heterocycles. The highest BCUT2D eigenvalue weighted by molar-refractivity contribution is 5.44. The summed E-state index contributed by atoms with van der Waals surface area (Å²) in [4.78, 5) is 0. The van der Waals surface area contributed by atoms with Gasteiger partial charge in [-0.1, -0.05) is 53.7 Å². The topological polar surface area (TPSA) is 29.1 Å². The molecule has 0 aliphatic carbocycles. The predicted molar refractivity (Wildman–Crippen MR) is 84.1 cm³/mol. The number of hydrogen-bond acceptors (Lipinski definition) is 1. The van der Waals surface area contributed by atoms with Gasteiger partial charge in [-0.3, -0.25) is 0 Å². The van der Waals surface area contributed by atoms with Crippen molar-refractivity contribution in [2.75, 3.05) is 13.2 Å². The Morgan fingerprint density at radius 2 is 1.60 bits per heavy atom. The Morgan fingerprint density at radius 1 is 1.00 bits per heavy atom. The molecule has 113 valence electrons. The molecule has 2 nitrogen and oxygen atoms in total. The van der Waals surface area contributed by atoms with Crippen molar-refractivity contribution in [2.45, 2.75) is 65.2 Å². The number of ether oxygens (including phenoxy) is 1. The van der Waals surface area contributed by atoms with Crippen LogP contribution in [-0.4, -0.2) is 13.2 Å². The Morgan fingerprint density at radius 3 is 2.10 bits per heavy atom. The first-order valence-corrected chi connectivity index (χ1v) is 7.64. The van der Waals surface area contributed by atoms with Gasteiger partial charge in [0.25, 0.3) is 0 Å². The molecule has 0 aliphatic rings. The first kappa shape index (κ1) is 17.0. The van der Waals surface area contributed by atoms with Gasteiger partial charge in [-0.25, -0.2) is 5.11 Å². The van der Waals surface area contributed by atoms with E-state index in [9.17, 15) is 5.11 Å². The van der Waals surface area contributed by atoms with Crippen LogP contribution in [-0.2, 0) is 15.9 Å². The molecular weight excluding hydrogens is 248 g/mol. The van der Waals surface area contributed by atoms with Gasteiger partial charge in [0.1, 0.15) is 19.0 Å². The molecular formula is C18H29O2. The number of benzene rings is 1. The first-order valence-electron chi connectivity index (χ1n) is 7.64. The lowest BCUT2D eigenvalue weighted by atomic mass is 9.76. The van der Waals surface area contributed by atoms with Crippen LogP contribution in [0.1, 0.15) is 65.5 Å². The molecule has 0 aromatic heterocycles. The molecule has 0 bridgehead atoms. The molecule has 0 saturated heterocycles. The van der Waals surface area contributed by atoms with E-state index in [1.165, 1.54) is 11.1 Å². The van der Waals surface area contributed by atoms with Crippen molar-refractivity contribution in [1.29, 1.82) is 0 Å². The maximum Gasteiger partial charge on any atom is 0.123 e. The molecule has 0 heterocycles. The quantitative estimate of drug-likeness (QED) is 0.699. The van der Waals surface area contributed by atoms with E-state index in [2.05, 4.69) is 53.7 Å². The summed E-state index contributed by atoms with van der Waals surface area (Å²) in [7, 11) is 0. The van der Waals surface area contributed by atoms with Crippen LogP contribution in [0, 0.1) is 0 Å². The van der Waals surface area contributed by atoms with E-state index in [0.717, 1.165) is 18.6 Å². The molecule has 0 amide bonds. The SMILES string of the molecule is CCC(C)(C)c1ccc(OCC[O])c(C(C)(C)CC)c1. The van der Waals surface area contributed by atoms with Crippen molar-refractivity contribution < 1.29 is 9.84 Å². The molecule has 0 saturated carbocycles. The summed E-state index contributed by atoms with van der Waals surface area (Å²) >= 11 is 0. The van der Waals surface area contributed by atoms with Gasteiger partial charge in [-0.2, -0.15) is 0 Å². The van der Waals surface area contributed by atoms with Crippen LogP contribution in [0.4, 0.5) is 0 Å². The standard InChI is InChI=1S/C18H29O2/c1-7-17(3,4)14-9-10-16(20-12-11-19)15(13-14)18(5,6)8-2/h9-10,13H,7-8,11-12H2,1-6H3. The highest BCUT2D eigenvalue weighted by atomic mass is 16.5. The molecule has 0 spiro atoms. The first-order chi connectivity index (χ1) is 9.28. The Balaban J connectivity index is 3.29. The highest BCUT2D eigenvalue weighted by Crippen LogP contribution is 2.38. The fourth-order valence-electron chi connectivity index (χ4n) is 2.15. The molecule has 1 aromatic carbocycles. The molecule has 0 N–H and O–H groups in total. The number of rotatable bonds is 7. The Kier molecular flexibility index (Phi) is 5.64. The zero-order valence-corrected chi connectivity index (χ0v) is 13.9. The van der Waals surface area contributed by atoms with Crippen LogP contribution in [0.25, 0.3) is 0 Å². The van der Waals surface area contributed by atoms with E-state index in [1.807, 2.05) is 6.07 Å². The van der Waals surface area contributed by atoms with Crippen molar-refractivity contribution in [3.8, 4) is 5.75 Å². The van der Waals surface area contributed by atoms with E-state index >= 15 is 0 Å². The van der Waals surface area contributed by atoms with E-state index in [4.69, 9.17) is 4.74 Å². The van der Waals surface area contributed by atoms with Gasteiger partial charge in [-0.05, 0) is 35.3 Å². The molecule has 0 unspecified atom stereocenters. The second-order valence-corrected chi connectivity index (χ2v) is 6.74. The summed E-state index contributed by atoms with van der Waals surface area (Å²) in [5.74, 6) is 0.864. The molecule has 0 fully saturated rings. The van der Waals surface area contributed by atoms with Gasteiger partial charge < -0.3 is 4.74 Å². The molecule has 2 heteroatoms. The zero-order chi connectivity index (χ0) is 15.4. The average molecular weight is 277 g/mol. The minimum Gasteiger partial charge on any atom is -0.491 e. The minimum atomic E-state index is -0.200. The van der Waals surface area contributed by atoms with Crippen LogP contribution >= 0.6 is 0 Å². The Labute approximate surface area is 124 Å².